The van der Waals surface area contributed by atoms with Gasteiger partial charge in [-0.25, -0.2) is 0 Å². The molecule has 5 nitrogen and oxygen atoms in total. The van der Waals surface area contributed by atoms with Gasteiger partial charge in [-0.15, -0.1) is 0 Å². The first-order valence-corrected chi connectivity index (χ1v) is 9.68. The number of ether oxygens (including phenoxy) is 1. The van der Waals surface area contributed by atoms with E-state index < -0.39 is 12.7 Å². The number of benzene rings is 2. The van der Waals surface area contributed by atoms with E-state index in [0.717, 1.165) is 5.56 Å². The summed E-state index contributed by atoms with van der Waals surface area (Å²) < 4.78 is 11.5. The average molecular weight is 478 g/mol. The van der Waals surface area contributed by atoms with Crippen LogP contribution in [0.2, 0.25) is 0 Å². The monoisotopic (exact) mass is 478 g/mol. The summed E-state index contributed by atoms with van der Waals surface area (Å²) in [5.41, 5.74) is 7.98. The van der Waals surface area contributed by atoms with Gasteiger partial charge in [0, 0.05) is 8.88 Å². The molecule has 2 aromatic rings. The number of hydrogen-bond donors (Lipinski definition) is 2. The first-order valence-electron chi connectivity index (χ1n) is 8.60. The predicted molar refractivity (Wildman–Crippen MR) is 117 cm³/mol. The number of hydrogen-bond acceptors (Lipinski definition) is 5. The quantitative estimate of drug-likeness (QED) is 0.276. The zero-order valence-electron chi connectivity index (χ0n) is 16.0. The minimum atomic E-state index is -1.16. The second kappa shape index (κ2) is 8.51. The van der Waals surface area contributed by atoms with Gasteiger partial charge in [0.2, 0.25) is 0 Å². The van der Waals surface area contributed by atoms with Crippen molar-refractivity contribution in [2.75, 3.05) is 5.73 Å². The van der Waals surface area contributed by atoms with Crippen molar-refractivity contribution < 1.29 is 14.4 Å². The molecule has 3 N–H and O–H groups in total. The van der Waals surface area contributed by atoms with E-state index in [2.05, 4.69) is 28.7 Å². The molecule has 0 aliphatic carbocycles. The molecule has 0 atom stereocenters. The van der Waals surface area contributed by atoms with Crippen LogP contribution in [0.5, 0.6) is 5.75 Å². The Balaban J connectivity index is 2.13. The third kappa shape index (κ3) is 5.37. The lowest BCUT2D eigenvalue weighted by atomic mass is 9.76. The number of nitriles is 1. The number of nitrogens with zero attached hydrogens (tertiary/aromatic N) is 1. The molecule has 142 valence electrons. The molecule has 2 aromatic carbocycles. The fourth-order valence-corrected chi connectivity index (χ4v) is 2.35. The molecule has 0 bridgehead atoms. The van der Waals surface area contributed by atoms with Crippen LogP contribution in [-0.2, 0) is 11.3 Å². The Labute approximate surface area is 174 Å². The third-order valence-electron chi connectivity index (χ3n) is 4.68. The number of alkyl halides is 1. The Hall–Kier alpha value is -1.76. The molecule has 0 saturated heterocycles. The van der Waals surface area contributed by atoms with Crippen molar-refractivity contribution in [1.29, 1.82) is 5.26 Å². The summed E-state index contributed by atoms with van der Waals surface area (Å²) in [4.78, 5) is 0. The van der Waals surface area contributed by atoms with Gasteiger partial charge in [0.15, 0.2) is 0 Å². The van der Waals surface area contributed by atoms with E-state index in [0.29, 0.717) is 29.1 Å². The molecule has 7 heteroatoms. The normalized spacial score (nSPS) is 11.7. The third-order valence-corrected chi connectivity index (χ3v) is 5.98. The maximum Gasteiger partial charge on any atom is 0.493 e. The Morgan fingerprint density at radius 2 is 1.78 bits per heavy atom. The number of nitrogens with two attached hydrogens (primary N) is 1. The number of halogens is 1. The average Bonchev–Trinajstić information content (AvgIpc) is 2.60. The highest BCUT2D eigenvalue weighted by Crippen LogP contribution is 2.34. The predicted octanol–water partition coefficient (Wildman–Crippen LogP) is 3.42. The first-order chi connectivity index (χ1) is 12.5. The number of anilines is 1. The van der Waals surface area contributed by atoms with Crippen molar-refractivity contribution in [2.24, 2.45) is 0 Å². The molecule has 0 aliphatic heterocycles. The molecule has 0 aromatic heterocycles. The molecule has 0 spiro atoms. The van der Waals surface area contributed by atoms with E-state index in [1.54, 1.807) is 30.3 Å². The van der Waals surface area contributed by atoms with Gasteiger partial charge in [-0.05, 0) is 51.5 Å². The van der Waals surface area contributed by atoms with Gasteiger partial charge in [0.05, 0.1) is 22.9 Å². The molecule has 2 rings (SSSR count). The summed E-state index contributed by atoms with van der Waals surface area (Å²) in [6, 6.07) is 14.5. The molecule has 0 heterocycles. The van der Waals surface area contributed by atoms with Crippen LogP contribution in [0.4, 0.5) is 5.69 Å². The standard InChI is InChI=1S/C20H24BIN2O3/c1-19(2,22)20(3,4)27-21(25)16-6-5-7-17(18(16)24)26-13-15-10-8-14(12-23)9-11-15/h5-11,25H,13,24H2,1-4H3. The van der Waals surface area contributed by atoms with Gasteiger partial charge in [-0.2, -0.15) is 5.26 Å². The SMILES string of the molecule is CC(C)(I)C(C)(C)OB(O)c1cccc(OCc2ccc(C#N)cc2)c1N. The Morgan fingerprint density at radius 3 is 2.33 bits per heavy atom. The van der Waals surface area contributed by atoms with Crippen molar-refractivity contribution in [2.45, 2.75) is 43.3 Å². The maximum atomic E-state index is 10.6. The fourth-order valence-electron chi connectivity index (χ4n) is 2.22. The highest BCUT2D eigenvalue weighted by atomic mass is 127. The lowest BCUT2D eigenvalue weighted by molar-refractivity contribution is 0.0643. The lowest BCUT2D eigenvalue weighted by Crippen LogP contribution is -2.50. The van der Waals surface area contributed by atoms with Gasteiger partial charge in [0.25, 0.3) is 0 Å². The van der Waals surface area contributed by atoms with Crippen LogP contribution in [0.3, 0.4) is 0 Å². The van der Waals surface area contributed by atoms with E-state index >= 15 is 0 Å². The van der Waals surface area contributed by atoms with Gasteiger partial charge >= 0.3 is 7.12 Å². The number of rotatable bonds is 7. The van der Waals surface area contributed by atoms with Crippen LogP contribution in [0.25, 0.3) is 0 Å². The summed E-state index contributed by atoms with van der Waals surface area (Å²) in [5, 5.41) is 19.4. The highest BCUT2D eigenvalue weighted by Gasteiger charge is 2.39. The molecule has 0 amide bonds. The second-order valence-corrected chi connectivity index (χ2v) is 10.0. The summed E-state index contributed by atoms with van der Waals surface area (Å²) in [6.07, 6.45) is 0. The van der Waals surface area contributed by atoms with Crippen molar-refractivity contribution in [3.05, 3.63) is 53.6 Å². The summed E-state index contributed by atoms with van der Waals surface area (Å²) in [7, 11) is -1.16. The van der Waals surface area contributed by atoms with Gasteiger partial charge in [-0.3, -0.25) is 0 Å². The van der Waals surface area contributed by atoms with E-state index in [4.69, 9.17) is 20.4 Å². The van der Waals surface area contributed by atoms with E-state index in [-0.39, 0.29) is 3.42 Å². The zero-order chi connectivity index (χ0) is 20.2. The summed E-state index contributed by atoms with van der Waals surface area (Å²) >= 11 is 2.30. The summed E-state index contributed by atoms with van der Waals surface area (Å²) in [5.74, 6) is 0.478. The molecule has 0 saturated carbocycles. The van der Waals surface area contributed by atoms with E-state index in [1.807, 2.05) is 39.8 Å². The first kappa shape index (κ1) is 21.5. The second-order valence-electron chi connectivity index (χ2n) is 7.31. The van der Waals surface area contributed by atoms with Crippen molar-refractivity contribution >= 4 is 40.9 Å². The van der Waals surface area contributed by atoms with Crippen molar-refractivity contribution in [3.63, 3.8) is 0 Å². The summed E-state index contributed by atoms with van der Waals surface area (Å²) in [6.45, 7) is 8.26. The molecule has 0 radical (unpaired) electrons. The maximum absolute atomic E-state index is 10.6. The van der Waals surface area contributed by atoms with Crippen LogP contribution in [0.15, 0.2) is 42.5 Å². The van der Waals surface area contributed by atoms with Crippen LogP contribution in [0.1, 0.15) is 38.8 Å². The number of nitrogen functional groups attached to an aromatic ring is 1. The van der Waals surface area contributed by atoms with Crippen LogP contribution < -0.4 is 15.9 Å². The van der Waals surface area contributed by atoms with Gasteiger partial charge in [0.1, 0.15) is 12.4 Å². The highest BCUT2D eigenvalue weighted by molar-refractivity contribution is 14.1. The lowest BCUT2D eigenvalue weighted by Gasteiger charge is -2.38. The molecular formula is C20H24BIN2O3. The molecule has 27 heavy (non-hydrogen) atoms. The number of para-hydroxylation sites is 1. The zero-order valence-corrected chi connectivity index (χ0v) is 18.1. The smallest absolute Gasteiger partial charge is 0.487 e. The van der Waals surface area contributed by atoms with Crippen LogP contribution in [0, 0.1) is 11.3 Å². The van der Waals surface area contributed by atoms with Crippen LogP contribution >= 0.6 is 22.6 Å². The Kier molecular flexibility index (Phi) is 6.79. The van der Waals surface area contributed by atoms with Crippen LogP contribution in [-0.4, -0.2) is 21.2 Å². The van der Waals surface area contributed by atoms with Gasteiger partial charge < -0.3 is 20.1 Å². The molecular weight excluding hydrogens is 454 g/mol. The van der Waals surface area contributed by atoms with Gasteiger partial charge in [-0.1, -0.05) is 46.9 Å². The van der Waals surface area contributed by atoms with Crippen molar-refractivity contribution in [1.82, 2.24) is 0 Å². The van der Waals surface area contributed by atoms with E-state index in [1.165, 1.54) is 0 Å². The molecule has 0 unspecified atom stereocenters. The minimum Gasteiger partial charge on any atom is -0.487 e. The fraction of sp³-hybridized carbons (Fsp3) is 0.350. The van der Waals surface area contributed by atoms with Crippen molar-refractivity contribution in [3.8, 4) is 11.8 Å². The Bertz CT molecular complexity index is 827. The molecule has 0 fully saturated rings. The molecule has 0 aliphatic rings. The minimum absolute atomic E-state index is 0.190. The Morgan fingerprint density at radius 1 is 1.15 bits per heavy atom. The largest absolute Gasteiger partial charge is 0.493 e. The topological polar surface area (TPSA) is 88.5 Å². The van der Waals surface area contributed by atoms with E-state index in [9.17, 15) is 5.02 Å².